The highest BCUT2D eigenvalue weighted by Gasteiger charge is 2.14. The van der Waals surface area contributed by atoms with Crippen molar-refractivity contribution in [1.29, 1.82) is 0 Å². The van der Waals surface area contributed by atoms with Gasteiger partial charge in [0.05, 0.1) is 13.7 Å². The van der Waals surface area contributed by atoms with Gasteiger partial charge in [0.25, 0.3) is 0 Å². The Morgan fingerprint density at radius 3 is 2.80 bits per heavy atom. The second-order valence-corrected chi connectivity index (χ2v) is 1.63. The van der Waals surface area contributed by atoms with Gasteiger partial charge in [-0.25, -0.2) is 4.79 Å². The van der Waals surface area contributed by atoms with E-state index in [0.717, 1.165) is 0 Å². The molecule has 10 heavy (non-hydrogen) atoms. The van der Waals surface area contributed by atoms with E-state index in [1.165, 1.54) is 13.3 Å². The molecule has 4 heteroatoms. The number of methoxy groups -OCH3 is 1. The Morgan fingerprint density at radius 2 is 2.50 bits per heavy atom. The van der Waals surface area contributed by atoms with Crippen LogP contribution in [0.1, 0.15) is 6.92 Å². The number of rotatable bonds is 3. The number of aliphatic hydroxyl groups excluding tert-OH is 1. The third-order valence-electron chi connectivity index (χ3n) is 0.975. The fraction of sp³-hybridized carbons (Fsp3) is 0.667. The van der Waals surface area contributed by atoms with Crippen molar-refractivity contribution < 1.29 is 14.6 Å². The van der Waals surface area contributed by atoms with Gasteiger partial charge in [-0.3, -0.25) is 4.99 Å². The highest BCUT2D eigenvalue weighted by Crippen LogP contribution is 1.91. The first-order chi connectivity index (χ1) is 4.76. The second kappa shape index (κ2) is 4.93. The maximum absolute atomic E-state index is 10.6. The van der Waals surface area contributed by atoms with Gasteiger partial charge in [0, 0.05) is 0 Å². The van der Waals surface area contributed by atoms with Crippen molar-refractivity contribution in [3.8, 4) is 0 Å². The second-order valence-electron chi connectivity index (χ2n) is 1.63. The first-order valence-electron chi connectivity index (χ1n) is 2.92. The van der Waals surface area contributed by atoms with Crippen LogP contribution < -0.4 is 0 Å². The Balaban J connectivity index is 3.93. The van der Waals surface area contributed by atoms with Gasteiger partial charge in [-0.05, 0) is 13.1 Å². The van der Waals surface area contributed by atoms with Gasteiger partial charge in [0.15, 0.2) is 6.04 Å². The minimum atomic E-state index is -0.755. The highest BCUT2D eigenvalue weighted by atomic mass is 16.5. The van der Waals surface area contributed by atoms with E-state index in [9.17, 15) is 4.79 Å². The zero-order chi connectivity index (χ0) is 7.98. The predicted molar refractivity (Wildman–Crippen MR) is 37.1 cm³/mol. The SMILES string of the molecule is CC=N[C@@H](CO)C(=O)OC. The fourth-order valence-electron chi connectivity index (χ4n) is 0.499. The van der Waals surface area contributed by atoms with E-state index in [1.807, 2.05) is 0 Å². The van der Waals surface area contributed by atoms with Crippen molar-refractivity contribution in [1.82, 2.24) is 0 Å². The summed E-state index contributed by atoms with van der Waals surface area (Å²) in [6.07, 6.45) is 1.46. The van der Waals surface area contributed by atoms with Crippen LogP contribution in [0.5, 0.6) is 0 Å². The lowest BCUT2D eigenvalue weighted by Gasteiger charge is -2.04. The van der Waals surface area contributed by atoms with Crippen LogP contribution in [0.4, 0.5) is 0 Å². The first-order valence-corrected chi connectivity index (χ1v) is 2.92. The molecule has 0 aliphatic heterocycles. The van der Waals surface area contributed by atoms with Gasteiger partial charge in [0.1, 0.15) is 0 Å². The summed E-state index contributed by atoms with van der Waals surface area (Å²) in [4.78, 5) is 14.3. The number of esters is 1. The lowest BCUT2D eigenvalue weighted by Crippen LogP contribution is -2.23. The molecule has 0 aromatic carbocycles. The van der Waals surface area contributed by atoms with E-state index >= 15 is 0 Å². The normalized spacial score (nSPS) is 13.5. The number of aliphatic imine (C=N–C) groups is 1. The van der Waals surface area contributed by atoms with Gasteiger partial charge < -0.3 is 9.84 Å². The number of hydrogen-bond acceptors (Lipinski definition) is 4. The molecule has 0 amide bonds. The zero-order valence-electron chi connectivity index (χ0n) is 6.07. The summed E-state index contributed by atoms with van der Waals surface area (Å²) in [5.41, 5.74) is 0. The van der Waals surface area contributed by atoms with Gasteiger partial charge >= 0.3 is 5.97 Å². The number of ether oxygens (including phenoxy) is 1. The Hall–Kier alpha value is -0.900. The monoisotopic (exact) mass is 145 g/mol. The summed E-state index contributed by atoms with van der Waals surface area (Å²) in [6, 6.07) is -0.755. The van der Waals surface area contributed by atoms with Crippen molar-refractivity contribution in [3.63, 3.8) is 0 Å². The topological polar surface area (TPSA) is 58.9 Å². The molecule has 0 saturated heterocycles. The summed E-state index contributed by atoms with van der Waals surface area (Å²) < 4.78 is 4.34. The summed E-state index contributed by atoms with van der Waals surface area (Å²) in [7, 11) is 1.26. The Bertz CT molecular complexity index is 133. The van der Waals surface area contributed by atoms with Gasteiger partial charge in [-0.15, -0.1) is 0 Å². The Labute approximate surface area is 59.5 Å². The summed E-state index contributed by atoms with van der Waals surface area (Å²) in [6.45, 7) is 1.36. The molecule has 0 heterocycles. The maximum atomic E-state index is 10.6. The van der Waals surface area contributed by atoms with Crippen molar-refractivity contribution in [2.24, 2.45) is 4.99 Å². The molecule has 0 rings (SSSR count). The minimum Gasteiger partial charge on any atom is -0.467 e. The molecule has 0 unspecified atom stereocenters. The van der Waals surface area contributed by atoms with Gasteiger partial charge in [0.2, 0.25) is 0 Å². The molecule has 1 atom stereocenters. The first kappa shape index (κ1) is 9.10. The largest absolute Gasteiger partial charge is 0.467 e. The van der Waals surface area contributed by atoms with Crippen LogP contribution >= 0.6 is 0 Å². The van der Waals surface area contributed by atoms with Crippen LogP contribution in [-0.4, -0.2) is 37.0 Å². The Kier molecular flexibility index (Phi) is 4.49. The van der Waals surface area contributed by atoms with Gasteiger partial charge in [-0.2, -0.15) is 0 Å². The molecule has 0 aromatic rings. The third-order valence-corrected chi connectivity index (χ3v) is 0.975. The molecular weight excluding hydrogens is 134 g/mol. The average Bonchev–Trinajstić information content (AvgIpc) is 1.99. The minimum absolute atomic E-state index is 0.309. The van der Waals surface area contributed by atoms with E-state index in [-0.39, 0.29) is 6.61 Å². The summed E-state index contributed by atoms with van der Waals surface area (Å²) >= 11 is 0. The van der Waals surface area contributed by atoms with Gasteiger partial charge in [-0.1, -0.05) is 0 Å². The van der Waals surface area contributed by atoms with Crippen molar-refractivity contribution in [2.45, 2.75) is 13.0 Å². The molecule has 0 spiro atoms. The molecule has 0 aliphatic carbocycles. The van der Waals surface area contributed by atoms with E-state index in [2.05, 4.69) is 9.73 Å². The molecule has 0 aliphatic rings. The van der Waals surface area contributed by atoms with Crippen LogP contribution in [0.2, 0.25) is 0 Å². The molecule has 0 fully saturated rings. The number of nitrogens with zero attached hydrogens (tertiary/aromatic N) is 1. The molecular formula is C6H11NO3. The van der Waals surface area contributed by atoms with E-state index in [0.29, 0.717) is 0 Å². The van der Waals surface area contributed by atoms with Crippen LogP contribution in [0.25, 0.3) is 0 Å². The molecule has 0 saturated carbocycles. The van der Waals surface area contributed by atoms with Crippen LogP contribution in [0.3, 0.4) is 0 Å². The fourth-order valence-corrected chi connectivity index (χ4v) is 0.499. The van der Waals surface area contributed by atoms with Crippen molar-refractivity contribution in [2.75, 3.05) is 13.7 Å². The van der Waals surface area contributed by atoms with Crippen LogP contribution in [0.15, 0.2) is 4.99 Å². The van der Waals surface area contributed by atoms with Crippen LogP contribution in [-0.2, 0) is 9.53 Å². The van der Waals surface area contributed by atoms with E-state index in [1.54, 1.807) is 6.92 Å². The maximum Gasteiger partial charge on any atom is 0.332 e. The molecule has 0 radical (unpaired) electrons. The molecule has 4 nitrogen and oxygen atoms in total. The molecule has 0 aromatic heterocycles. The number of carbonyl (C=O) groups excluding carboxylic acids is 1. The Morgan fingerprint density at radius 1 is 1.90 bits per heavy atom. The summed E-state index contributed by atoms with van der Waals surface area (Å²) in [5, 5.41) is 8.54. The highest BCUT2D eigenvalue weighted by molar-refractivity contribution is 5.77. The van der Waals surface area contributed by atoms with Crippen molar-refractivity contribution in [3.05, 3.63) is 0 Å². The average molecular weight is 145 g/mol. The quantitative estimate of drug-likeness (QED) is 0.434. The zero-order valence-corrected chi connectivity index (χ0v) is 6.07. The molecule has 58 valence electrons. The molecule has 0 bridgehead atoms. The van der Waals surface area contributed by atoms with E-state index in [4.69, 9.17) is 5.11 Å². The predicted octanol–water partition coefficient (Wildman–Crippen LogP) is -0.389. The van der Waals surface area contributed by atoms with E-state index < -0.39 is 12.0 Å². The lowest BCUT2D eigenvalue weighted by molar-refractivity contribution is -0.142. The number of carbonyl (C=O) groups is 1. The smallest absolute Gasteiger partial charge is 0.332 e. The lowest BCUT2D eigenvalue weighted by atomic mass is 10.3. The third kappa shape index (κ3) is 2.59. The number of hydrogen-bond donors (Lipinski definition) is 1. The molecule has 1 N–H and O–H groups in total. The van der Waals surface area contributed by atoms with Crippen LogP contribution in [0, 0.1) is 0 Å². The number of aliphatic hydroxyl groups is 1. The standard InChI is InChI=1S/C6H11NO3/c1-3-7-5(4-8)6(9)10-2/h3,5,8H,4H2,1-2H3/t5-/m0/s1. The van der Waals surface area contributed by atoms with Crippen molar-refractivity contribution >= 4 is 12.2 Å². The summed E-state index contributed by atoms with van der Waals surface area (Å²) in [5.74, 6) is -0.513.